The van der Waals surface area contributed by atoms with E-state index >= 15 is 0 Å². The molecule has 0 unspecified atom stereocenters. The largest absolute Gasteiger partial charge is 0.497 e. The number of rotatable bonds is 6. The fourth-order valence-corrected chi connectivity index (χ4v) is 1.48. The van der Waals surface area contributed by atoms with Gasteiger partial charge in [-0.15, -0.1) is 0 Å². The molecule has 0 bridgehead atoms. The molecule has 0 radical (unpaired) electrons. The van der Waals surface area contributed by atoms with Crippen LogP contribution in [0.5, 0.6) is 5.75 Å². The second-order valence-electron chi connectivity index (χ2n) is 3.07. The lowest BCUT2D eigenvalue weighted by atomic mass is 10.1. The van der Waals surface area contributed by atoms with Crippen LogP contribution in [0, 0.1) is 0 Å². The summed E-state index contributed by atoms with van der Waals surface area (Å²) < 4.78 is 27.5. The number of benzene rings is 1. The highest BCUT2D eigenvalue weighted by atomic mass is 32.2. The van der Waals surface area contributed by atoms with Crippen molar-refractivity contribution in [2.75, 3.05) is 13.7 Å². The molecule has 5 nitrogen and oxygen atoms in total. The Labute approximate surface area is 95.5 Å². The molecule has 0 saturated carbocycles. The average molecular weight is 243 g/mol. The lowest BCUT2D eigenvalue weighted by Gasteiger charge is -2.02. The van der Waals surface area contributed by atoms with E-state index in [4.69, 9.17) is 4.74 Å². The molecule has 16 heavy (non-hydrogen) atoms. The van der Waals surface area contributed by atoms with E-state index in [0.717, 1.165) is 0 Å². The summed E-state index contributed by atoms with van der Waals surface area (Å²) in [6, 6.07) is 6.68. The van der Waals surface area contributed by atoms with Gasteiger partial charge in [-0.2, -0.15) is 0 Å². The topological polar surface area (TPSA) is 72.5 Å². The van der Waals surface area contributed by atoms with Crippen LogP contribution in [0.25, 0.3) is 0 Å². The quantitative estimate of drug-likeness (QED) is 0.560. The number of hydrogen-bond acceptors (Lipinski definition) is 4. The summed E-state index contributed by atoms with van der Waals surface area (Å²) in [5.74, 6) is 0.573. The van der Waals surface area contributed by atoms with E-state index in [2.05, 4.69) is 4.72 Å². The number of carbonyl (C=O) groups excluding carboxylic acids is 1. The monoisotopic (exact) mass is 243 g/mol. The van der Waals surface area contributed by atoms with Gasteiger partial charge in [0.1, 0.15) is 5.75 Å². The summed E-state index contributed by atoms with van der Waals surface area (Å²) in [6.07, 6.45) is 0.148. The van der Waals surface area contributed by atoms with Gasteiger partial charge in [-0.25, -0.2) is 13.1 Å². The Morgan fingerprint density at radius 2 is 1.94 bits per heavy atom. The fraction of sp³-hybridized carbons (Fsp3) is 0.300. The van der Waals surface area contributed by atoms with Crippen LogP contribution in [0.4, 0.5) is 0 Å². The minimum absolute atomic E-state index is 0.105. The number of Topliss-reactive ketones (excluding diaryl/α,β-unsaturated/α-hetero) is 1. The number of nitrogens with one attached hydrogen (secondary N) is 1. The van der Waals surface area contributed by atoms with Gasteiger partial charge in [0.2, 0.25) is 10.9 Å². The summed E-state index contributed by atoms with van der Waals surface area (Å²) in [5.41, 5.74) is 0.545. The van der Waals surface area contributed by atoms with Gasteiger partial charge in [-0.05, 0) is 24.3 Å². The van der Waals surface area contributed by atoms with E-state index in [-0.39, 0.29) is 18.7 Å². The number of hydrogen-bond donors (Lipinski definition) is 2. The molecule has 1 aromatic carbocycles. The lowest BCUT2D eigenvalue weighted by Crippen LogP contribution is -2.16. The van der Waals surface area contributed by atoms with Crippen LogP contribution in [0.2, 0.25) is 0 Å². The number of ketones is 1. The van der Waals surface area contributed by atoms with E-state index in [1.807, 2.05) is 0 Å². The molecular weight excluding hydrogens is 230 g/mol. The fourth-order valence-electron chi connectivity index (χ4n) is 1.18. The third-order valence-corrected chi connectivity index (χ3v) is 2.49. The average Bonchev–Trinajstić information content (AvgIpc) is 2.28. The zero-order valence-electron chi connectivity index (χ0n) is 8.80. The maximum Gasteiger partial charge on any atom is 0.201 e. The maximum absolute atomic E-state index is 11.5. The van der Waals surface area contributed by atoms with Crippen molar-refractivity contribution in [2.24, 2.45) is 0 Å². The Bertz CT molecular complexity index is 417. The second-order valence-corrected chi connectivity index (χ2v) is 3.90. The summed E-state index contributed by atoms with van der Waals surface area (Å²) in [4.78, 5) is 11.5. The van der Waals surface area contributed by atoms with Gasteiger partial charge in [0.05, 0.1) is 7.11 Å². The van der Waals surface area contributed by atoms with Crippen LogP contribution in [0.1, 0.15) is 16.8 Å². The molecule has 1 rings (SSSR count). The molecule has 6 heteroatoms. The summed E-state index contributed by atoms with van der Waals surface area (Å²) in [5, 5.41) is 0. The predicted octanol–water partition coefficient (Wildman–Crippen LogP) is 0.384. The van der Waals surface area contributed by atoms with Crippen LogP contribution in [-0.4, -0.2) is 27.9 Å². The molecule has 0 fully saturated rings. The van der Waals surface area contributed by atoms with Crippen LogP contribution in [0.3, 0.4) is 0 Å². The number of ether oxygens (including phenoxy) is 1. The molecule has 0 aliphatic rings. The molecule has 88 valence electrons. The number of methoxy groups -OCH3 is 1. The van der Waals surface area contributed by atoms with Crippen molar-refractivity contribution in [3.8, 4) is 5.75 Å². The van der Waals surface area contributed by atoms with E-state index in [1.54, 1.807) is 31.4 Å². The number of carbonyl (C=O) groups is 1. The van der Waals surface area contributed by atoms with Gasteiger partial charge in [0.25, 0.3) is 0 Å². The van der Waals surface area contributed by atoms with E-state index < -0.39 is 10.9 Å². The molecule has 0 amide bonds. The highest BCUT2D eigenvalue weighted by Gasteiger charge is 2.05. The van der Waals surface area contributed by atoms with Crippen LogP contribution < -0.4 is 9.46 Å². The van der Waals surface area contributed by atoms with Crippen molar-refractivity contribution in [2.45, 2.75) is 6.42 Å². The Morgan fingerprint density at radius 3 is 2.44 bits per heavy atom. The van der Waals surface area contributed by atoms with Gasteiger partial charge in [-0.1, -0.05) is 0 Å². The Balaban J connectivity index is 2.52. The van der Waals surface area contributed by atoms with E-state index in [9.17, 15) is 13.2 Å². The first-order valence-electron chi connectivity index (χ1n) is 4.68. The zero-order chi connectivity index (χ0) is 12.0. The molecule has 0 aliphatic heterocycles. The third kappa shape index (κ3) is 4.00. The van der Waals surface area contributed by atoms with Crippen molar-refractivity contribution in [1.29, 1.82) is 0 Å². The van der Waals surface area contributed by atoms with Gasteiger partial charge >= 0.3 is 0 Å². The van der Waals surface area contributed by atoms with Crippen LogP contribution >= 0.6 is 0 Å². The summed E-state index contributed by atoms with van der Waals surface area (Å²) >= 11 is 0. The first-order valence-corrected chi connectivity index (χ1v) is 5.86. The Hall–Kier alpha value is -1.40. The van der Waals surface area contributed by atoms with E-state index in [1.165, 1.54) is 0 Å². The summed E-state index contributed by atoms with van der Waals surface area (Å²) in [6.45, 7) is 0.129. The minimum Gasteiger partial charge on any atom is -0.497 e. The maximum atomic E-state index is 11.5. The highest BCUT2D eigenvalue weighted by Crippen LogP contribution is 2.12. The lowest BCUT2D eigenvalue weighted by molar-refractivity contribution is 0.0984. The standard InChI is InChI=1S/C10H13NO4S/c1-15-9-4-2-8(3-5-9)10(12)6-7-11-16(13)14/h2-5,16H,6-7H2,1H3,(H,11,13,14). The van der Waals surface area contributed by atoms with Crippen molar-refractivity contribution in [3.05, 3.63) is 29.8 Å². The first kappa shape index (κ1) is 12.7. The van der Waals surface area contributed by atoms with Crippen molar-refractivity contribution in [1.82, 2.24) is 4.72 Å². The normalized spacial score (nSPS) is 10.4. The summed E-state index contributed by atoms with van der Waals surface area (Å²) in [7, 11) is -1.08. The van der Waals surface area contributed by atoms with Crippen LogP contribution in [0.15, 0.2) is 24.3 Å². The van der Waals surface area contributed by atoms with Crippen molar-refractivity contribution >= 4 is 16.7 Å². The molecule has 0 aliphatic carbocycles. The molecule has 0 heterocycles. The number of thiol groups is 1. The molecule has 0 aromatic heterocycles. The van der Waals surface area contributed by atoms with Gasteiger partial charge in [0.15, 0.2) is 5.78 Å². The molecule has 0 atom stereocenters. The first-order chi connectivity index (χ1) is 7.63. The van der Waals surface area contributed by atoms with Gasteiger partial charge < -0.3 is 4.74 Å². The smallest absolute Gasteiger partial charge is 0.201 e. The van der Waals surface area contributed by atoms with Gasteiger partial charge in [-0.3, -0.25) is 4.79 Å². The van der Waals surface area contributed by atoms with Crippen molar-refractivity contribution < 1.29 is 17.9 Å². The minimum atomic E-state index is -2.63. The molecule has 1 aromatic rings. The van der Waals surface area contributed by atoms with Crippen molar-refractivity contribution in [3.63, 3.8) is 0 Å². The molecular formula is C10H13NO4S. The molecule has 1 N–H and O–H groups in total. The van der Waals surface area contributed by atoms with Gasteiger partial charge in [0, 0.05) is 18.5 Å². The molecule has 0 saturated heterocycles. The Kier molecular flexibility index (Phi) is 4.94. The Morgan fingerprint density at radius 1 is 1.31 bits per heavy atom. The van der Waals surface area contributed by atoms with E-state index in [0.29, 0.717) is 11.3 Å². The SMILES string of the molecule is COc1ccc(C(=O)CCN[SH](=O)=O)cc1. The molecule has 0 spiro atoms. The van der Waals surface area contributed by atoms with Crippen LogP contribution in [-0.2, 0) is 10.9 Å². The zero-order valence-corrected chi connectivity index (χ0v) is 9.70. The second kappa shape index (κ2) is 6.24. The third-order valence-electron chi connectivity index (χ3n) is 2.00. The predicted molar refractivity (Wildman–Crippen MR) is 60.3 cm³/mol. The highest BCUT2D eigenvalue weighted by molar-refractivity contribution is 7.70.